The topological polar surface area (TPSA) is 154 Å². The van der Waals surface area contributed by atoms with Crippen molar-refractivity contribution in [1.29, 1.82) is 0 Å². The quantitative estimate of drug-likeness (QED) is 0.288. The molecule has 0 aromatic heterocycles. The largest absolute Gasteiger partial charge is 0.455 e. The molecule has 0 radical (unpaired) electrons. The lowest BCUT2D eigenvalue weighted by molar-refractivity contribution is -0.384. The van der Waals surface area contributed by atoms with Crippen molar-refractivity contribution in [2.24, 2.45) is 5.73 Å². The molecular formula is C18H16BrClN4O6. The van der Waals surface area contributed by atoms with E-state index in [-0.39, 0.29) is 17.8 Å². The molecule has 2 aromatic carbocycles. The third-order valence-corrected chi connectivity index (χ3v) is 4.77. The van der Waals surface area contributed by atoms with Gasteiger partial charge < -0.3 is 21.1 Å². The number of nitrogens with two attached hydrogens (primary N) is 1. The molecule has 0 heterocycles. The Balaban J connectivity index is 1.95. The van der Waals surface area contributed by atoms with Crippen LogP contribution in [0.2, 0.25) is 5.02 Å². The summed E-state index contributed by atoms with van der Waals surface area (Å²) in [5, 5.41) is 15.9. The van der Waals surface area contributed by atoms with Gasteiger partial charge in [0.25, 0.3) is 11.6 Å². The number of primary amides is 1. The van der Waals surface area contributed by atoms with E-state index in [1.165, 1.54) is 18.2 Å². The van der Waals surface area contributed by atoms with E-state index >= 15 is 0 Å². The summed E-state index contributed by atoms with van der Waals surface area (Å²) >= 11 is 9.21. The number of urea groups is 1. The van der Waals surface area contributed by atoms with Crippen LogP contribution in [0.5, 0.6) is 0 Å². The van der Waals surface area contributed by atoms with Gasteiger partial charge in [0.15, 0.2) is 6.61 Å². The third kappa shape index (κ3) is 6.71. The van der Waals surface area contributed by atoms with E-state index in [1.54, 1.807) is 24.3 Å². The normalized spacial score (nSPS) is 11.3. The zero-order valence-electron chi connectivity index (χ0n) is 15.3. The Morgan fingerprint density at radius 1 is 1.23 bits per heavy atom. The van der Waals surface area contributed by atoms with E-state index in [0.29, 0.717) is 15.1 Å². The average molecular weight is 500 g/mol. The van der Waals surface area contributed by atoms with Gasteiger partial charge in [-0.05, 0) is 33.6 Å². The molecular weight excluding hydrogens is 484 g/mol. The molecule has 0 spiro atoms. The smallest absolute Gasteiger partial charge is 0.312 e. The molecule has 12 heteroatoms. The van der Waals surface area contributed by atoms with Gasteiger partial charge >= 0.3 is 12.0 Å². The van der Waals surface area contributed by atoms with Crippen LogP contribution in [0.3, 0.4) is 0 Å². The molecule has 0 aliphatic carbocycles. The van der Waals surface area contributed by atoms with Crippen LogP contribution in [0.15, 0.2) is 46.9 Å². The summed E-state index contributed by atoms with van der Waals surface area (Å²) in [6.07, 6.45) is -0.304. The number of nitrogens with one attached hydrogen (secondary N) is 2. The van der Waals surface area contributed by atoms with Crippen molar-refractivity contribution < 1.29 is 24.0 Å². The predicted molar refractivity (Wildman–Crippen MR) is 112 cm³/mol. The van der Waals surface area contributed by atoms with Gasteiger partial charge in [-0.1, -0.05) is 29.8 Å². The van der Waals surface area contributed by atoms with E-state index in [9.17, 15) is 24.5 Å². The molecule has 2 rings (SSSR count). The molecule has 0 fully saturated rings. The van der Waals surface area contributed by atoms with Gasteiger partial charge in [0.05, 0.1) is 23.1 Å². The van der Waals surface area contributed by atoms with E-state index in [0.717, 1.165) is 0 Å². The highest BCUT2D eigenvalue weighted by molar-refractivity contribution is 9.10. The highest BCUT2D eigenvalue weighted by Crippen LogP contribution is 2.27. The summed E-state index contributed by atoms with van der Waals surface area (Å²) in [6, 6.07) is 8.67. The molecule has 0 saturated heterocycles. The van der Waals surface area contributed by atoms with Gasteiger partial charge in [-0.25, -0.2) is 4.79 Å². The molecule has 3 amide bonds. The number of nitro groups is 1. The van der Waals surface area contributed by atoms with Crippen LogP contribution in [0.25, 0.3) is 0 Å². The molecule has 158 valence electrons. The number of anilines is 1. The zero-order chi connectivity index (χ0) is 22.3. The second kappa shape index (κ2) is 10.6. The Hall–Kier alpha value is -3.18. The number of hydrogen-bond donors (Lipinski definition) is 3. The molecule has 0 saturated carbocycles. The number of non-ortho nitro benzene ring substituents is 1. The number of nitrogens with zero attached hydrogens (tertiary/aromatic N) is 1. The van der Waals surface area contributed by atoms with Crippen LogP contribution in [-0.2, 0) is 14.3 Å². The SMILES string of the molecule is NC(=O)NC(CC(=O)OCC(=O)Nc1ccc([N+](=O)[O-])cc1Br)c1ccccc1Cl. The number of carbonyl (C=O) groups is 3. The molecule has 30 heavy (non-hydrogen) atoms. The first-order valence-electron chi connectivity index (χ1n) is 8.37. The number of halogens is 2. The zero-order valence-corrected chi connectivity index (χ0v) is 17.6. The van der Waals surface area contributed by atoms with Gasteiger partial charge in [0, 0.05) is 21.6 Å². The van der Waals surface area contributed by atoms with Crippen LogP contribution in [-0.4, -0.2) is 29.4 Å². The van der Waals surface area contributed by atoms with E-state index in [4.69, 9.17) is 22.1 Å². The lowest BCUT2D eigenvalue weighted by Crippen LogP contribution is -2.35. The van der Waals surface area contributed by atoms with E-state index < -0.39 is 35.5 Å². The number of ether oxygens (including phenoxy) is 1. The van der Waals surface area contributed by atoms with Crippen LogP contribution in [0.4, 0.5) is 16.2 Å². The lowest BCUT2D eigenvalue weighted by Gasteiger charge is -2.18. The molecule has 1 unspecified atom stereocenters. The molecule has 0 aliphatic rings. The van der Waals surface area contributed by atoms with Gasteiger partial charge in [0.1, 0.15) is 0 Å². The number of esters is 1. The summed E-state index contributed by atoms with van der Waals surface area (Å²) < 4.78 is 5.23. The molecule has 1 atom stereocenters. The summed E-state index contributed by atoms with van der Waals surface area (Å²) in [5.74, 6) is -1.43. The fourth-order valence-corrected chi connectivity index (χ4v) is 3.18. The average Bonchev–Trinajstić information content (AvgIpc) is 2.67. The highest BCUT2D eigenvalue weighted by Gasteiger charge is 2.21. The maximum absolute atomic E-state index is 12.1. The molecule has 4 N–H and O–H groups in total. The monoisotopic (exact) mass is 498 g/mol. The molecule has 0 bridgehead atoms. The number of carbonyl (C=O) groups excluding carboxylic acids is 3. The molecule has 0 aliphatic heterocycles. The minimum absolute atomic E-state index is 0.154. The van der Waals surface area contributed by atoms with Crippen LogP contribution < -0.4 is 16.4 Å². The Labute approximate surface area is 184 Å². The molecule has 2 aromatic rings. The predicted octanol–water partition coefficient (Wildman–Crippen LogP) is 3.29. The Kier molecular flexibility index (Phi) is 8.13. The Bertz CT molecular complexity index is 987. The summed E-state index contributed by atoms with van der Waals surface area (Å²) in [6.45, 7) is -0.603. The minimum atomic E-state index is -0.853. The first kappa shape index (κ1) is 23.1. The second-order valence-corrected chi connectivity index (χ2v) is 7.18. The standard InChI is InChI=1S/C18H16BrClN4O6/c19-12-7-10(24(28)29)5-6-14(12)22-16(25)9-30-17(26)8-15(23-18(21)27)11-3-1-2-4-13(11)20/h1-7,15H,8-9H2,(H,22,25)(H3,21,23,27). The minimum Gasteiger partial charge on any atom is -0.455 e. The summed E-state index contributed by atoms with van der Waals surface area (Å²) in [4.78, 5) is 45.6. The van der Waals surface area contributed by atoms with Crippen molar-refractivity contribution in [1.82, 2.24) is 5.32 Å². The first-order valence-corrected chi connectivity index (χ1v) is 9.54. The number of nitro benzene ring substituents is 1. The summed E-state index contributed by atoms with van der Waals surface area (Å²) in [7, 11) is 0. The summed E-state index contributed by atoms with van der Waals surface area (Å²) in [5.41, 5.74) is 5.73. The highest BCUT2D eigenvalue weighted by atomic mass is 79.9. The van der Waals surface area contributed by atoms with Crippen LogP contribution in [0.1, 0.15) is 18.0 Å². The number of benzene rings is 2. The van der Waals surface area contributed by atoms with E-state index in [2.05, 4.69) is 26.6 Å². The number of amides is 3. The third-order valence-electron chi connectivity index (χ3n) is 3.77. The van der Waals surface area contributed by atoms with Crippen LogP contribution >= 0.6 is 27.5 Å². The van der Waals surface area contributed by atoms with Crippen molar-refractivity contribution in [3.05, 3.63) is 67.6 Å². The van der Waals surface area contributed by atoms with Gasteiger partial charge in [-0.2, -0.15) is 0 Å². The maximum Gasteiger partial charge on any atom is 0.312 e. The maximum atomic E-state index is 12.1. The second-order valence-electron chi connectivity index (χ2n) is 5.92. The van der Waals surface area contributed by atoms with Crippen molar-refractivity contribution >= 4 is 56.8 Å². The van der Waals surface area contributed by atoms with Crippen LogP contribution in [0, 0.1) is 10.1 Å². The lowest BCUT2D eigenvalue weighted by atomic mass is 10.0. The molecule has 10 nitrogen and oxygen atoms in total. The van der Waals surface area contributed by atoms with Crippen molar-refractivity contribution in [2.75, 3.05) is 11.9 Å². The van der Waals surface area contributed by atoms with Crippen molar-refractivity contribution in [3.63, 3.8) is 0 Å². The fraction of sp³-hybridized carbons (Fsp3) is 0.167. The fourth-order valence-electron chi connectivity index (χ4n) is 2.45. The van der Waals surface area contributed by atoms with Crippen molar-refractivity contribution in [3.8, 4) is 0 Å². The Morgan fingerprint density at radius 2 is 1.93 bits per heavy atom. The van der Waals surface area contributed by atoms with Gasteiger partial charge in [-0.15, -0.1) is 0 Å². The number of hydrogen-bond acceptors (Lipinski definition) is 6. The first-order chi connectivity index (χ1) is 14.2. The number of rotatable bonds is 8. The van der Waals surface area contributed by atoms with Crippen molar-refractivity contribution in [2.45, 2.75) is 12.5 Å². The van der Waals surface area contributed by atoms with Gasteiger partial charge in [-0.3, -0.25) is 19.7 Å². The van der Waals surface area contributed by atoms with Gasteiger partial charge in [0.2, 0.25) is 0 Å². The Morgan fingerprint density at radius 3 is 2.53 bits per heavy atom. The van der Waals surface area contributed by atoms with E-state index in [1.807, 2.05) is 0 Å².